The number of sulfonamides is 1. The molecule has 146 valence electrons. The SMILES string of the molecule is Cc1noc(C)c1COC(=O)[C@@H]1C[C@H](O)CN1S(=O)(=O)c1ccc(Cl)cc1. The quantitative estimate of drug-likeness (QED) is 0.743. The fraction of sp³-hybridized carbons (Fsp3) is 0.412. The second-order valence-electron chi connectivity index (χ2n) is 6.34. The zero-order chi connectivity index (χ0) is 19.8. The van der Waals surface area contributed by atoms with E-state index in [9.17, 15) is 18.3 Å². The molecule has 1 aromatic carbocycles. The van der Waals surface area contributed by atoms with Crippen LogP contribution in [-0.2, 0) is 26.2 Å². The zero-order valence-electron chi connectivity index (χ0n) is 14.8. The van der Waals surface area contributed by atoms with Gasteiger partial charge in [-0.2, -0.15) is 4.31 Å². The Morgan fingerprint density at radius 1 is 1.37 bits per heavy atom. The summed E-state index contributed by atoms with van der Waals surface area (Å²) in [6, 6.07) is 4.50. The molecular formula is C17H19ClN2O6S. The molecule has 1 N–H and O–H groups in total. The minimum Gasteiger partial charge on any atom is -0.459 e. The topological polar surface area (TPSA) is 110 Å². The second-order valence-corrected chi connectivity index (χ2v) is 8.67. The van der Waals surface area contributed by atoms with E-state index in [4.69, 9.17) is 20.9 Å². The summed E-state index contributed by atoms with van der Waals surface area (Å²) in [5, 5.41) is 14.1. The smallest absolute Gasteiger partial charge is 0.324 e. The zero-order valence-corrected chi connectivity index (χ0v) is 16.3. The van der Waals surface area contributed by atoms with Crippen LogP contribution >= 0.6 is 11.6 Å². The fourth-order valence-corrected chi connectivity index (χ4v) is 4.71. The highest BCUT2D eigenvalue weighted by Gasteiger charge is 2.44. The average Bonchev–Trinajstić information content (AvgIpc) is 3.16. The summed E-state index contributed by atoms with van der Waals surface area (Å²) in [5.74, 6) is -0.207. The summed E-state index contributed by atoms with van der Waals surface area (Å²) in [4.78, 5) is 12.5. The Hall–Kier alpha value is -1.94. The number of nitrogens with zero attached hydrogens (tertiary/aromatic N) is 2. The number of rotatable bonds is 5. The summed E-state index contributed by atoms with van der Waals surface area (Å²) >= 11 is 5.80. The number of aliphatic hydroxyl groups excluding tert-OH is 1. The largest absolute Gasteiger partial charge is 0.459 e. The Kier molecular flexibility index (Phi) is 5.57. The maximum atomic E-state index is 12.9. The average molecular weight is 415 g/mol. The van der Waals surface area contributed by atoms with Gasteiger partial charge >= 0.3 is 5.97 Å². The van der Waals surface area contributed by atoms with Gasteiger partial charge in [0.05, 0.1) is 22.3 Å². The molecule has 3 rings (SSSR count). The molecule has 0 saturated carbocycles. The number of aryl methyl sites for hydroxylation is 2. The van der Waals surface area contributed by atoms with Crippen molar-refractivity contribution in [1.29, 1.82) is 0 Å². The van der Waals surface area contributed by atoms with Gasteiger partial charge < -0.3 is 14.4 Å². The molecule has 27 heavy (non-hydrogen) atoms. The van der Waals surface area contributed by atoms with E-state index < -0.39 is 28.1 Å². The van der Waals surface area contributed by atoms with Gasteiger partial charge in [-0.1, -0.05) is 16.8 Å². The van der Waals surface area contributed by atoms with E-state index in [1.807, 2.05) is 0 Å². The first-order chi connectivity index (χ1) is 12.7. The molecule has 1 aromatic heterocycles. The van der Waals surface area contributed by atoms with Crippen LogP contribution in [0.3, 0.4) is 0 Å². The minimum absolute atomic E-state index is 0.00970. The van der Waals surface area contributed by atoms with Crippen molar-refractivity contribution in [3.63, 3.8) is 0 Å². The number of carbonyl (C=O) groups is 1. The molecule has 10 heteroatoms. The van der Waals surface area contributed by atoms with E-state index in [2.05, 4.69) is 5.16 Å². The number of hydrogen-bond donors (Lipinski definition) is 1. The van der Waals surface area contributed by atoms with E-state index in [1.165, 1.54) is 24.3 Å². The van der Waals surface area contributed by atoms with Crippen LogP contribution in [0.5, 0.6) is 0 Å². The third-order valence-electron chi connectivity index (χ3n) is 4.47. The molecule has 0 bridgehead atoms. The van der Waals surface area contributed by atoms with Crippen molar-refractivity contribution in [2.24, 2.45) is 0 Å². The summed E-state index contributed by atoms with van der Waals surface area (Å²) in [6.45, 7) is 3.15. The first-order valence-corrected chi connectivity index (χ1v) is 10.1. The van der Waals surface area contributed by atoms with E-state index >= 15 is 0 Å². The van der Waals surface area contributed by atoms with Crippen molar-refractivity contribution in [1.82, 2.24) is 9.46 Å². The molecule has 1 fully saturated rings. The Morgan fingerprint density at radius 2 is 2.04 bits per heavy atom. The van der Waals surface area contributed by atoms with Crippen molar-refractivity contribution in [2.45, 2.75) is 43.9 Å². The third-order valence-corrected chi connectivity index (χ3v) is 6.61. The van der Waals surface area contributed by atoms with Crippen LogP contribution in [0.1, 0.15) is 23.4 Å². The maximum Gasteiger partial charge on any atom is 0.324 e. The summed E-state index contributed by atoms with van der Waals surface area (Å²) in [5.41, 5.74) is 1.23. The van der Waals surface area contributed by atoms with E-state index in [0.717, 1.165) is 4.31 Å². The van der Waals surface area contributed by atoms with Gasteiger partial charge in [-0.05, 0) is 38.1 Å². The third kappa shape index (κ3) is 4.01. The Morgan fingerprint density at radius 3 is 2.63 bits per heavy atom. The van der Waals surface area contributed by atoms with Gasteiger partial charge in [-0.25, -0.2) is 8.42 Å². The van der Waals surface area contributed by atoms with Crippen molar-refractivity contribution in [3.8, 4) is 0 Å². The van der Waals surface area contributed by atoms with E-state index in [1.54, 1.807) is 13.8 Å². The number of aromatic nitrogens is 1. The molecule has 0 amide bonds. The molecule has 0 aliphatic carbocycles. The first-order valence-electron chi connectivity index (χ1n) is 8.24. The monoisotopic (exact) mass is 414 g/mol. The molecule has 0 radical (unpaired) electrons. The molecule has 0 unspecified atom stereocenters. The summed E-state index contributed by atoms with van der Waals surface area (Å²) in [6.07, 6.45) is -0.989. The summed E-state index contributed by atoms with van der Waals surface area (Å²) in [7, 11) is -3.99. The lowest BCUT2D eigenvalue weighted by molar-refractivity contribution is -0.148. The Balaban J connectivity index is 1.79. The maximum absolute atomic E-state index is 12.9. The van der Waals surface area contributed by atoms with E-state index in [0.29, 0.717) is 22.0 Å². The number of halogens is 1. The number of benzene rings is 1. The van der Waals surface area contributed by atoms with Crippen LogP contribution < -0.4 is 0 Å². The van der Waals surface area contributed by atoms with Crippen molar-refractivity contribution in [3.05, 3.63) is 46.3 Å². The number of hydrogen-bond acceptors (Lipinski definition) is 7. The predicted octanol–water partition coefficient (Wildman–Crippen LogP) is 1.81. The molecule has 1 aliphatic rings. The van der Waals surface area contributed by atoms with Gasteiger partial charge in [0.15, 0.2) is 0 Å². The van der Waals surface area contributed by atoms with Crippen molar-refractivity contribution < 1.29 is 27.6 Å². The van der Waals surface area contributed by atoms with E-state index in [-0.39, 0.29) is 24.5 Å². The molecule has 0 spiro atoms. The van der Waals surface area contributed by atoms with Gasteiger partial charge in [0.1, 0.15) is 18.4 Å². The molecular weight excluding hydrogens is 396 g/mol. The van der Waals surface area contributed by atoms with Crippen LogP contribution in [-0.4, -0.2) is 47.6 Å². The molecule has 8 nitrogen and oxygen atoms in total. The number of ether oxygens (including phenoxy) is 1. The number of carbonyl (C=O) groups excluding carboxylic acids is 1. The molecule has 2 aromatic rings. The number of esters is 1. The Labute approximate surface area is 161 Å². The predicted molar refractivity (Wildman–Crippen MR) is 95.5 cm³/mol. The molecule has 2 atom stereocenters. The van der Waals surface area contributed by atoms with Crippen LogP contribution in [0, 0.1) is 13.8 Å². The van der Waals surface area contributed by atoms with Gasteiger partial charge in [0.25, 0.3) is 0 Å². The minimum atomic E-state index is -3.99. The Bertz CT molecular complexity index is 921. The second kappa shape index (κ2) is 7.59. The highest BCUT2D eigenvalue weighted by atomic mass is 35.5. The van der Waals surface area contributed by atoms with Crippen molar-refractivity contribution in [2.75, 3.05) is 6.54 Å². The normalized spacial score (nSPS) is 20.7. The van der Waals surface area contributed by atoms with Crippen LogP contribution in [0.2, 0.25) is 5.02 Å². The summed E-state index contributed by atoms with van der Waals surface area (Å²) < 4.78 is 37.0. The molecule has 2 heterocycles. The van der Waals surface area contributed by atoms with Gasteiger partial charge in [-0.15, -0.1) is 0 Å². The molecule has 1 saturated heterocycles. The van der Waals surface area contributed by atoms with Gasteiger partial charge in [0.2, 0.25) is 10.0 Å². The fourth-order valence-electron chi connectivity index (χ4n) is 2.95. The first kappa shape index (κ1) is 19.8. The van der Waals surface area contributed by atoms with Gasteiger partial charge in [0, 0.05) is 18.0 Å². The highest BCUT2D eigenvalue weighted by molar-refractivity contribution is 7.89. The van der Waals surface area contributed by atoms with Crippen LogP contribution in [0.15, 0.2) is 33.7 Å². The van der Waals surface area contributed by atoms with Crippen LogP contribution in [0.4, 0.5) is 0 Å². The van der Waals surface area contributed by atoms with Crippen molar-refractivity contribution >= 4 is 27.6 Å². The lowest BCUT2D eigenvalue weighted by Gasteiger charge is -2.22. The van der Waals surface area contributed by atoms with Gasteiger partial charge in [-0.3, -0.25) is 4.79 Å². The molecule has 1 aliphatic heterocycles. The standard InChI is InChI=1S/C17H19ClN2O6S/c1-10-15(11(2)26-19-10)9-25-17(22)16-7-13(21)8-20(16)27(23,24)14-5-3-12(18)4-6-14/h3-6,13,16,21H,7-9H2,1-2H3/t13-,16-/m0/s1. The lowest BCUT2D eigenvalue weighted by atomic mass is 10.2. The number of aliphatic hydroxyl groups is 1. The number of β-amino-alcohol motifs (C(OH)–C–C–N with tert-alkyl or cyclic N) is 1. The highest BCUT2D eigenvalue weighted by Crippen LogP contribution is 2.28. The van der Waals surface area contributed by atoms with Crippen LogP contribution in [0.25, 0.3) is 0 Å². The lowest BCUT2D eigenvalue weighted by Crippen LogP contribution is -2.41.